The third-order valence-electron chi connectivity index (χ3n) is 2.91. The lowest BCUT2D eigenvalue weighted by molar-refractivity contribution is 0.936. The number of nitrogens with two attached hydrogens (primary N) is 2. The first-order valence-electron chi connectivity index (χ1n) is 7.01. The number of nitrogens with one attached hydrogen (secondary N) is 1. The second kappa shape index (κ2) is 7.56. The number of thiazole rings is 1. The topological polar surface area (TPSA) is 102 Å². The molecular weight excluding hydrogens is 296 g/mol. The Morgan fingerprint density at radius 2 is 2.23 bits per heavy atom. The summed E-state index contributed by atoms with van der Waals surface area (Å²) in [6.45, 7) is 4.96. The van der Waals surface area contributed by atoms with E-state index >= 15 is 0 Å². The predicted molar refractivity (Wildman–Crippen MR) is 95.0 cm³/mol. The van der Waals surface area contributed by atoms with E-state index < -0.39 is 0 Å². The van der Waals surface area contributed by atoms with E-state index in [0.29, 0.717) is 5.13 Å². The molecule has 1 aromatic heterocycles. The van der Waals surface area contributed by atoms with Gasteiger partial charge < -0.3 is 16.8 Å². The van der Waals surface area contributed by atoms with Crippen LogP contribution in [0.1, 0.15) is 18.9 Å². The normalized spacial score (nSPS) is 10.8. The number of guanidine groups is 1. The molecule has 0 radical (unpaired) electrons. The smallest absolute Gasteiger partial charge is 0.212 e. The van der Waals surface area contributed by atoms with Crippen LogP contribution in [0.2, 0.25) is 0 Å². The Balaban J connectivity index is 2.21. The fourth-order valence-corrected chi connectivity index (χ4v) is 2.52. The summed E-state index contributed by atoms with van der Waals surface area (Å²) in [6, 6.07) is 6.12. The minimum atomic E-state index is 0.0132. The molecule has 2 aromatic rings. The minimum absolute atomic E-state index is 0.0132. The molecule has 116 valence electrons. The Bertz CT molecular complexity index is 685. The number of aryl methyl sites for hydroxylation is 1. The standard InChI is InChI=1S/C15H20N6S/c1-3-6-18-9-19-12-7-11(5-4-10(12)2)13-8-22-15(20-13)21-14(16)17/h4-5,7-9H,3,6H2,1-2H3,(H,18,19)(H4,16,17,20,21). The van der Waals surface area contributed by atoms with Crippen molar-refractivity contribution >= 4 is 34.5 Å². The Morgan fingerprint density at radius 1 is 1.41 bits per heavy atom. The number of rotatable bonds is 6. The average molecular weight is 316 g/mol. The summed E-state index contributed by atoms with van der Waals surface area (Å²) in [5.74, 6) is 0.0132. The van der Waals surface area contributed by atoms with Crippen molar-refractivity contribution in [3.05, 3.63) is 29.1 Å². The van der Waals surface area contributed by atoms with Crippen molar-refractivity contribution in [1.29, 1.82) is 0 Å². The van der Waals surface area contributed by atoms with Gasteiger partial charge in [-0.05, 0) is 25.0 Å². The zero-order chi connectivity index (χ0) is 15.9. The van der Waals surface area contributed by atoms with Gasteiger partial charge in [-0.25, -0.2) is 4.98 Å². The quantitative estimate of drug-likeness (QED) is 0.563. The molecule has 0 atom stereocenters. The zero-order valence-electron chi connectivity index (χ0n) is 12.7. The monoisotopic (exact) mass is 316 g/mol. The number of aromatic nitrogens is 1. The molecule has 0 saturated carbocycles. The molecular formula is C15H20N6S. The SMILES string of the molecule is CCCN=CNc1cc(-c2csc(N=C(N)N)n2)ccc1C. The van der Waals surface area contributed by atoms with Crippen LogP contribution in [-0.4, -0.2) is 23.8 Å². The van der Waals surface area contributed by atoms with Crippen molar-refractivity contribution in [2.75, 3.05) is 11.9 Å². The van der Waals surface area contributed by atoms with Gasteiger partial charge in [-0.1, -0.05) is 19.1 Å². The first kappa shape index (κ1) is 16.0. The van der Waals surface area contributed by atoms with Crippen LogP contribution in [0.4, 0.5) is 10.8 Å². The highest BCUT2D eigenvalue weighted by atomic mass is 32.1. The Hall–Kier alpha value is -2.41. The fourth-order valence-electron chi connectivity index (χ4n) is 1.80. The lowest BCUT2D eigenvalue weighted by Crippen LogP contribution is -2.21. The fraction of sp³-hybridized carbons (Fsp3) is 0.267. The zero-order valence-corrected chi connectivity index (χ0v) is 13.5. The van der Waals surface area contributed by atoms with Crippen molar-refractivity contribution in [1.82, 2.24) is 4.98 Å². The molecule has 7 heteroatoms. The second-order valence-electron chi connectivity index (χ2n) is 4.76. The molecule has 0 saturated heterocycles. The van der Waals surface area contributed by atoms with Gasteiger partial charge in [0.1, 0.15) is 0 Å². The van der Waals surface area contributed by atoms with Crippen molar-refractivity contribution < 1.29 is 0 Å². The average Bonchev–Trinajstić information content (AvgIpc) is 2.93. The van der Waals surface area contributed by atoms with Gasteiger partial charge in [-0.15, -0.1) is 11.3 Å². The molecule has 1 aromatic carbocycles. The summed E-state index contributed by atoms with van der Waals surface area (Å²) in [4.78, 5) is 12.6. The lowest BCUT2D eigenvalue weighted by atomic mass is 10.1. The van der Waals surface area contributed by atoms with Crippen LogP contribution in [0, 0.1) is 6.92 Å². The number of aliphatic imine (C=N–C) groups is 2. The molecule has 2 rings (SSSR count). The first-order chi connectivity index (χ1) is 10.6. The Kier molecular flexibility index (Phi) is 5.48. The maximum atomic E-state index is 5.37. The summed E-state index contributed by atoms with van der Waals surface area (Å²) in [5, 5.41) is 5.70. The number of hydrogen-bond acceptors (Lipinski definition) is 4. The van der Waals surface area contributed by atoms with Crippen LogP contribution in [0.25, 0.3) is 11.3 Å². The van der Waals surface area contributed by atoms with Crippen molar-refractivity contribution in [2.24, 2.45) is 21.5 Å². The summed E-state index contributed by atoms with van der Waals surface area (Å²) >= 11 is 1.40. The van der Waals surface area contributed by atoms with Crippen LogP contribution >= 0.6 is 11.3 Å². The van der Waals surface area contributed by atoms with Crippen molar-refractivity contribution in [3.63, 3.8) is 0 Å². The van der Waals surface area contributed by atoms with Gasteiger partial charge in [0.05, 0.1) is 12.0 Å². The Morgan fingerprint density at radius 3 is 2.95 bits per heavy atom. The highest BCUT2D eigenvalue weighted by Gasteiger charge is 2.06. The first-order valence-corrected chi connectivity index (χ1v) is 7.89. The molecule has 1 heterocycles. The highest BCUT2D eigenvalue weighted by molar-refractivity contribution is 7.13. The minimum Gasteiger partial charge on any atom is -0.370 e. The van der Waals surface area contributed by atoms with Gasteiger partial charge in [0.2, 0.25) is 5.13 Å². The molecule has 0 aliphatic rings. The molecule has 6 nitrogen and oxygen atoms in total. The largest absolute Gasteiger partial charge is 0.370 e. The summed E-state index contributed by atoms with van der Waals surface area (Å²) < 4.78 is 0. The summed E-state index contributed by atoms with van der Waals surface area (Å²) in [7, 11) is 0. The molecule has 0 amide bonds. The summed E-state index contributed by atoms with van der Waals surface area (Å²) in [5.41, 5.74) is 14.7. The maximum absolute atomic E-state index is 5.37. The van der Waals surface area contributed by atoms with Crippen molar-refractivity contribution in [2.45, 2.75) is 20.3 Å². The van der Waals surface area contributed by atoms with Gasteiger partial charge in [0.25, 0.3) is 0 Å². The van der Waals surface area contributed by atoms with E-state index in [1.807, 2.05) is 30.5 Å². The number of anilines is 1. The predicted octanol–water partition coefficient (Wildman–Crippen LogP) is 2.87. The number of benzene rings is 1. The van der Waals surface area contributed by atoms with E-state index in [9.17, 15) is 0 Å². The van der Waals surface area contributed by atoms with E-state index in [-0.39, 0.29) is 5.96 Å². The van der Waals surface area contributed by atoms with Crippen LogP contribution in [0.3, 0.4) is 0 Å². The molecule has 0 bridgehead atoms. The van der Waals surface area contributed by atoms with Crippen LogP contribution in [0.5, 0.6) is 0 Å². The van der Waals surface area contributed by atoms with Gasteiger partial charge in [0, 0.05) is 23.2 Å². The van der Waals surface area contributed by atoms with Crippen LogP contribution < -0.4 is 16.8 Å². The molecule has 0 aliphatic heterocycles. The molecule has 0 fully saturated rings. The van der Waals surface area contributed by atoms with Crippen LogP contribution in [-0.2, 0) is 0 Å². The van der Waals surface area contributed by atoms with E-state index in [4.69, 9.17) is 11.5 Å². The summed E-state index contributed by atoms with van der Waals surface area (Å²) in [6.07, 6.45) is 2.77. The van der Waals surface area contributed by atoms with Gasteiger partial charge in [-0.3, -0.25) is 4.99 Å². The molecule has 5 N–H and O–H groups in total. The highest BCUT2D eigenvalue weighted by Crippen LogP contribution is 2.29. The molecule has 22 heavy (non-hydrogen) atoms. The van der Waals surface area contributed by atoms with E-state index in [2.05, 4.69) is 27.2 Å². The maximum Gasteiger partial charge on any atom is 0.212 e. The van der Waals surface area contributed by atoms with Crippen molar-refractivity contribution in [3.8, 4) is 11.3 Å². The van der Waals surface area contributed by atoms with Gasteiger partial charge >= 0.3 is 0 Å². The molecule has 0 unspecified atom stereocenters. The van der Waals surface area contributed by atoms with Crippen LogP contribution in [0.15, 0.2) is 33.6 Å². The van der Waals surface area contributed by atoms with Gasteiger partial charge in [0.15, 0.2) is 5.96 Å². The number of hydrogen-bond donors (Lipinski definition) is 3. The molecule has 0 spiro atoms. The Labute approximate surface area is 134 Å². The third-order valence-corrected chi connectivity index (χ3v) is 3.65. The van der Waals surface area contributed by atoms with E-state index in [1.54, 1.807) is 6.34 Å². The molecule has 0 aliphatic carbocycles. The lowest BCUT2D eigenvalue weighted by Gasteiger charge is -2.07. The second-order valence-corrected chi connectivity index (χ2v) is 5.60. The number of nitrogens with zero attached hydrogens (tertiary/aromatic N) is 3. The van der Waals surface area contributed by atoms with E-state index in [0.717, 1.165) is 35.5 Å². The third kappa shape index (κ3) is 4.29. The van der Waals surface area contributed by atoms with Gasteiger partial charge in [-0.2, -0.15) is 4.99 Å². The van der Waals surface area contributed by atoms with E-state index in [1.165, 1.54) is 11.3 Å².